The molecule has 1 aromatic carbocycles. The molecule has 0 radical (unpaired) electrons. The summed E-state index contributed by atoms with van der Waals surface area (Å²) in [7, 11) is 0. The summed E-state index contributed by atoms with van der Waals surface area (Å²) in [6, 6.07) is 11.9. The summed E-state index contributed by atoms with van der Waals surface area (Å²) in [6.45, 7) is 11.7. The van der Waals surface area contributed by atoms with Crippen molar-refractivity contribution in [2.45, 2.75) is 46.6 Å². The van der Waals surface area contributed by atoms with Gasteiger partial charge in [0.15, 0.2) is 0 Å². The minimum atomic E-state index is -0.0429. The van der Waals surface area contributed by atoms with Gasteiger partial charge in [0.05, 0.1) is 16.8 Å². The van der Waals surface area contributed by atoms with E-state index in [2.05, 4.69) is 36.0 Å². The SMILES string of the molecule is CCN(CC)CCCC(C)NC(=O)c1cc(-c2ccncc2)nc2ccc(C)cc12. The minimum absolute atomic E-state index is 0.0429. The number of benzene rings is 1. The molecule has 3 rings (SSSR count). The second-order valence-electron chi connectivity index (χ2n) is 7.86. The van der Waals surface area contributed by atoms with Crippen molar-refractivity contribution in [1.82, 2.24) is 20.2 Å². The molecule has 0 aliphatic heterocycles. The molecule has 1 unspecified atom stereocenters. The predicted molar refractivity (Wildman–Crippen MR) is 124 cm³/mol. The molecule has 2 aromatic heterocycles. The van der Waals surface area contributed by atoms with E-state index >= 15 is 0 Å². The number of fused-ring (bicyclic) bond motifs is 1. The molecule has 5 heteroatoms. The van der Waals surface area contributed by atoms with E-state index in [4.69, 9.17) is 4.98 Å². The molecular weight excluding hydrogens is 372 g/mol. The molecule has 158 valence electrons. The summed E-state index contributed by atoms with van der Waals surface area (Å²) in [5, 5.41) is 4.09. The lowest BCUT2D eigenvalue weighted by molar-refractivity contribution is 0.0939. The normalized spacial score (nSPS) is 12.3. The number of hydrogen-bond donors (Lipinski definition) is 1. The Hall–Kier alpha value is -2.79. The molecule has 2 heterocycles. The van der Waals surface area contributed by atoms with Crippen LogP contribution in [0.25, 0.3) is 22.2 Å². The van der Waals surface area contributed by atoms with Crippen LogP contribution in [0.1, 0.15) is 49.5 Å². The molecule has 0 fully saturated rings. The number of rotatable bonds is 9. The molecule has 0 aliphatic carbocycles. The van der Waals surface area contributed by atoms with Crippen molar-refractivity contribution in [2.24, 2.45) is 0 Å². The highest BCUT2D eigenvalue weighted by molar-refractivity contribution is 6.07. The van der Waals surface area contributed by atoms with Crippen LogP contribution in [-0.4, -0.2) is 46.5 Å². The fraction of sp³-hybridized carbons (Fsp3) is 0.400. The number of nitrogens with one attached hydrogen (secondary N) is 1. The number of aromatic nitrogens is 2. The Morgan fingerprint density at radius 3 is 2.53 bits per heavy atom. The zero-order valence-electron chi connectivity index (χ0n) is 18.5. The fourth-order valence-electron chi connectivity index (χ4n) is 3.73. The lowest BCUT2D eigenvalue weighted by Crippen LogP contribution is -2.34. The zero-order valence-corrected chi connectivity index (χ0v) is 18.5. The number of nitrogens with zero attached hydrogens (tertiary/aromatic N) is 3. The van der Waals surface area contributed by atoms with Crippen molar-refractivity contribution in [2.75, 3.05) is 19.6 Å². The van der Waals surface area contributed by atoms with Crippen LogP contribution in [0, 0.1) is 6.92 Å². The van der Waals surface area contributed by atoms with Crippen LogP contribution in [0.4, 0.5) is 0 Å². The summed E-state index contributed by atoms with van der Waals surface area (Å²) in [5.41, 5.74) is 4.35. The van der Waals surface area contributed by atoms with E-state index in [9.17, 15) is 4.79 Å². The summed E-state index contributed by atoms with van der Waals surface area (Å²) in [5.74, 6) is -0.0429. The highest BCUT2D eigenvalue weighted by atomic mass is 16.1. The van der Waals surface area contributed by atoms with E-state index in [0.29, 0.717) is 5.56 Å². The van der Waals surface area contributed by atoms with Gasteiger partial charge in [-0.3, -0.25) is 9.78 Å². The van der Waals surface area contributed by atoms with Gasteiger partial charge in [-0.15, -0.1) is 0 Å². The van der Waals surface area contributed by atoms with Crippen molar-refractivity contribution in [3.8, 4) is 11.3 Å². The number of hydrogen-bond acceptors (Lipinski definition) is 4. The van der Waals surface area contributed by atoms with Gasteiger partial charge in [0.25, 0.3) is 5.91 Å². The first-order chi connectivity index (χ1) is 14.5. The molecule has 0 saturated carbocycles. The summed E-state index contributed by atoms with van der Waals surface area (Å²) in [6.07, 6.45) is 5.52. The third kappa shape index (κ3) is 5.42. The number of carbonyl (C=O) groups is 1. The quantitative estimate of drug-likeness (QED) is 0.554. The Morgan fingerprint density at radius 2 is 1.83 bits per heavy atom. The molecular formula is C25H32N4O. The minimum Gasteiger partial charge on any atom is -0.350 e. The number of aryl methyl sites for hydroxylation is 1. The van der Waals surface area contributed by atoms with Gasteiger partial charge < -0.3 is 10.2 Å². The van der Waals surface area contributed by atoms with Crippen molar-refractivity contribution < 1.29 is 4.79 Å². The first kappa shape index (κ1) is 21.9. The van der Waals surface area contributed by atoms with Gasteiger partial charge in [-0.1, -0.05) is 25.5 Å². The van der Waals surface area contributed by atoms with Crippen LogP contribution in [0.2, 0.25) is 0 Å². The Balaban J connectivity index is 1.82. The number of amides is 1. The van der Waals surface area contributed by atoms with Crippen LogP contribution in [0.3, 0.4) is 0 Å². The average molecular weight is 405 g/mol. The molecule has 0 bridgehead atoms. The molecule has 0 saturated heterocycles. The number of carbonyl (C=O) groups excluding carboxylic acids is 1. The number of pyridine rings is 2. The van der Waals surface area contributed by atoms with E-state index in [1.54, 1.807) is 12.4 Å². The lowest BCUT2D eigenvalue weighted by Gasteiger charge is -2.20. The van der Waals surface area contributed by atoms with Gasteiger partial charge in [-0.2, -0.15) is 0 Å². The van der Waals surface area contributed by atoms with E-state index < -0.39 is 0 Å². The maximum Gasteiger partial charge on any atom is 0.252 e. The van der Waals surface area contributed by atoms with E-state index in [1.807, 2.05) is 43.3 Å². The molecule has 1 amide bonds. The van der Waals surface area contributed by atoms with Gasteiger partial charge in [0.1, 0.15) is 0 Å². The molecule has 1 N–H and O–H groups in total. The monoisotopic (exact) mass is 404 g/mol. The lowest BCUT2D eigenvalue weighted by atomic mass is 10.0. The third-order valence-corrected chi connectivity index (χ3v) is 5.57. The van der Waals surface area contributed by atoms with Crippen LogP contribution in [0.15, 0.2) is 48.8 Å². The topological polar surface area (TPSA) is 58.1 Å². The predicted octanol–water partition coefficient (Wildman–Crippen LogP) is 4.85. The van der Waals surface area contributed by atoms with Crippen LogP contribution in [0.5, 0.6) is 0 Å². The highest BCUT2D eigenvalue weighted by Crippen LogP contribution is 2.25. The second kappa shape index (κ2) is 10.3. The molecule has 0 spiro atoms. The van der Waals surface area contributed by atoms with E-state index in [1.165, 1.54) is 0 Å². The van der Waals surface area contributed by atoms with Crippen molar-refractivity contribution in [3.05, 3.63) is 59.9 Å². The van der Waals surface area contributed by atoms with Crippen molar-refractivity contribution in [1.29, 1.82) is 0 Å². The Morgan fingerprint density at radius 1 is 1.10 bits per heavy atom. The Bertz CT molecular complexity index is 983. The maximum atomic E-state index is 13.2. The summed E-state index contributed by atoms with van der Waals surface area (Å²) >= 11 is 0. The van der Waals surface area contributed by atoms with Crippen LogP contribution in [-0.2, 0) is 0 Å². The second-order valence-corrected chi connectivity index (χ2v) is 7.86. The van der Waals surface area contributed by atoms with E-state index in [-0.39, 0.29) is 11.9 Å². The van der Waals surface area contributed by atoms with Gasteiger partial charge >= 0.3 is 0 Å². The molecule has 5 nitrogen and oxygen atoms in total. The first-order valence-electron chi connectivity index (χ1n) is 10.9. The third-order valence-electron chi connectivity index (χ3n) is 5.57. The Kier molecular flexibility index (Phi) is 7.52. The van der Waals surface area contributed by atoms with Gasteiger partial charge in [-0.05, 0) is 76.7 Å². The van der Waals surface area contributed by atoms with Crippen LogP contribution >= 0.6 is 0 Å². The van der Waals surface area contributed by atoms with Gasteiger partial charge in [0.2, 0.25) is 0 Å². The molecule has 3 aromatic rings. The standard InChI is InChI=1S/C25H32N4O/c1-5-29(6-2)15-7-8-19(4)27-25(30)22-17-24(20-11-13-26-14-12-20)28-23-10-9-18(3)16-21(22)23/h9-14,16-17,19H,5-8,15H2,1-4H3,(H,27,30). The van der Waals surface area contributed by atoms with Gasteiger partial charge in [0, 0.05) is 29.4 Å². The summed E-state index contributed by atoms with van der Waals surface area (Å²) < 4.78 is 0. The molecule has 30 heavy (non-hydrogen) atoms. The van der Waals surface area contributed by atoms with Crippen molar-refractivity contribution in [3.63, 3.8) is 0 Å². The maximum absolute atomic E-state index is 13.2. The first-order valence-corrected chi connectivity index (χ1v) is 10.9. The largest absolute Gasteiger partial charge is 0.350 e. The molecule has 0 aliphatic rings. The van der Waals surface area contributed by atoms with Gasteiger partial charge in [-0.25, -0.2) is 4.98 Å². The average Bonchev–Trinajstić information content (AvgIpc) is 2.76. The summed E-state index contributed by atoms with van der Waals surface area (Å²) in [4.78, 5) is 24.5. The van der Waals surface area contributed by atoms with Crippen molar-refractivity contribution >= 4 is 16.8 Å². The van der Waals surface area contributed by atoms with Crippen LogP contribution < -0.4 is 5.32 Å². The smallest absolute Gasteiger partial charge is 0.252 e. The Labute approximate surface area is 179 Å². The fourth-order valence-corrected chi connectivity index (χ4v) is 3.73. The van der Waals surface area contributed by atoms with E-state index in [0.717, 1.165) is 60.2 Å². The zero-order chi connectivity index (χ0) is 21.5. The highest BCUT2D eigenvalue weighted by Gasteiger charge is 2.16. The molecule has 1 atom stereocenters.